The lowest BCUT2D eigenvalue weighted by Gasteiger charge is -2.10. The van der Waals surface area contributed by atoms with Crippen LogP contribution in [0.5, 0.6) is 5.75 Å². The maximum Gasteiger partial charge on any atom is 0.229 e. The van der Waals surface area contributed by atoms with Crippen molar-refractivity contribution >= 4 is 21.5 Å². The average Bonchev–Trinajstić information content (AvgIpc) is 3.02. The second-order valence-electron chi connectivity index (χ2n) is 6.80. The van der Waals surface area contributed by atoms with E-state index in [-0.39, 0.29) is 23.4 Å². The molecule has 30 heavy (non-hydrogen) atoms. The van der Waals surface area contributed by atoms with Crippen molar-refractivity contribution in [2.45, 2.75) is 6.42 Å². The number of carbonyl (C=O) groups is 1. The number of benzene rings is 2. The molecule has 0 radical (unpaired) electrons. The molecule has 1 heterocycles. The Labute approximate surface area is 173 Å². The van der Waals surface area contributed by atoms with Crippen molar-refractivity contribution in [2.75, 3.05) is 18.1 Å². The average molecular weight is 434 g/mol. The van der Waals surface area contributed by atoms with Crippen molar-refractivity contribution in [3.8, 4) is 5.75 Å². The molecule has 0 bridgehead atoms. The lowest BCUT2D eigenvalue weighted by atomic mass is 10.1. The quantitative estimate of drug-likeness (QED) is 0.578. The second kappa shape index (κ2) is 8.27. The van der Waals surface area contributed by atoms with Crippen LogP contribution in [0.15, 0.2) is 48.5 Å². The lowest BCUT2D eigenvalue weighted by molar-refractivity contribution is 0.102. The first-order valence-electron chi connectivity index (χ1n) is 8.88. The van der Waals surface area contributed by atoms with Crippen molar-refractivity contribution in [1.82, 2.24) is 4.57 Å². The third-order valence-corrected chi connectivity index (χ3v) is 5.21. The van der Waals surface area contributed by atoms with Gasteiger partial charge >= 0.3 is 0 Å². The number of rotatable bonds is 7. The van der Waals surface area contributed by atoms with Crippen molar-refractivity contribution in [3.05, 3.63) is 82.7 Å². The standard InChI is InChI=1S/C21H20F2N2O4S/c1-25-15(10-13-4-5-14(11-18(13)22)24-30(3,27)28)6-9-20(25)21(26)17-8-7-16(29-2)12-19(17)23/h4-9,11-12,24H,10H2,1-3H3. The fourth-order valence-corrected chi connectivity index (χ4v) is 3.62. The molecule has 0 saturated carbocycles. The van der Waals surface area contributed by atoms with E-state index in [9.17, 15) is 22.0 Å². The first-order valence-corrected chi connectivity index (χ1v) is 10.8. The molecule has 9 heteroatoms. The van der Waals surface area contributed by atoms with Gasteiger partial charge in [0.05, 0.1) is 30.3 Å². The van der Waals surface area contributed by atoms with E-state index in [1.165, 1.54) is 31.4 Å². The third-order valence-electron chi connectivity index (χ3n) is 4.61. The Kier molecular flexibility index (Phi) is 5.93. The van der Waals surface area contributed by atoms with Crippen molar-refractivity contribution in [2.24, 2.45) is 7.05 Å². The molecule has 0 spiro atoms. The van der Waals surface area contributed by atoms with E-state index in [1.807, 2.05) is 0 Å². The minimum absolute atomic E-state index is 0.0917. The number of aromatic nitrogens is 1. The smallest absolute Gasteiger partial charge is 0.229 e. The van der Waals surface area contributed by atoms with Gasteiger partial charge in [0.15, 0.2) is 0 Å². The van der Waals surface area contributed by atoms with Crippen LogP contribution >= 0.6 is 0 Å². The van der Waals surface area contributed by atoms with Gasteiger partial charge in [-0.3, -0.25) is 9.52 Å². The molecule has 0 amide bonds. The molecule has 0 saturated heterocycles. The molecule has 0 aliphatic carbocycles. The Hall–Kier alpha value is -3.20. The molecule has 6 nitrogen and oxygen atoms in total. The van der Waals surface area contributed by atoms with Gasteiger partial charge in [-0.05, 0) is 42.0 Å². The predicted molar refractivity (Wildman–Crippen MR) is 109 cm³/mol. The van der Waals surface area contributed by atoms with Crippen LogP contribution in [-0.2, 0) is 23.5 Å². The molecule has 0 aliphatic rings. The number of hydrogen-bond acceptors (Lipinski definition) is 4. The van der Waals surface area contributed by atoms with E-state index in [0.717, 1.165) is 18.4 Å². The van der Waals surface area contributed by atoms with Crippen LogP contribution in [0.4, 0.5) is 14.5 Å². The fourth-order valence-electron chi connectivity index (χ4n) is 3.07. The molecule has 0 atom stereocenters. The molecule has 3 rings (SSSR count). The van der Waals surface area contributed by atoms with Crippen LogP contribution in [0, 0.1) is 11.6 Å². The summed E-state index contributed by atoms with van der Waals surface area (Å²) in [7, 11) is -0.464. The molecule has 0 fully saturated rings. The highest BCUT2D eigenvalue weighted by Crippen LogP contribution is 2.23. The lowest BCUT2D eigenvalue weighted by Crippen LogP contribution is -2.12. The number of hydrogen-bond donors (Lipinski definition) is 1. The largest absolute Gasteiger partial charge is 0.497 e. The summed E-state index contributed by atoms with van der Waals surface area (Å²) < 4.78 is 60.0. The maximum atomic E-state index is 14.4. The van der Waals surface area contributed by atoms with Crippen molar-refractivity contribution in [3.63, 3.8) is 0 Å². The molecule has 3 aromatic rings. The molecule has 0 unspecified atom stereocenters. The van der Waals surface area contributed by atoms with Crippen LogP contribution in [0.1, 0.15) is 27.3 Å². The molecule has 0 aliphatic heterocycles. The molecule has 158 valence electrons. The zero-order chi connectivity index (χ0) is 22.1. The van der Waals surface area contributed by atoms with E-state index in [2.05, 4.69) is 4.72 Å². The maximum absolute atomic E-state index is 14.4. The van der Waals surface area contributed by atoms with E-state index in [0.29, 0.717) is 17.0 Å². The molecule has 1 aromatic heterocycles. The molecule has 2 aromatic carbocycles. The van der Waals surface area contributed by atoms with Gasteiger partial charge in [0.2, 0.25) is 15.8 Å². The Morgan fingerprint density at radius 2 is 1.80 bits per heavy atom. The van der Waals surface area contributed by atoms with E-state index >= 15 is 0 Å². The molecule has 1 N–H and O–H groups in total. The summed E-state index contributed by atoms with van der Waals surface area (Å²) in [6, 6.07) is 11.2. The highest BCUT2D eigenvalue weighted by molar-refractivity contribution is 7.92. The van der Waals surface area contributed by atoms with E-state index in [1.54, 1.807) is 23.7 Å². The van der Waals surface area contributed by atoms with Gasteiger partial charge in [0, 0.05) is 25.2 Å². The Balaban J connectivity index is 1.84. The van der Waals surface area contributed by atoms with Crippen molar-refractivity contribution < 1.29 is 26.7 Å². The van der Waals surface area contributed by atoms with Gasteiger partial charge in [-0.25, -0.2) is 17.2 Å². The first-order chi connectivity index (χ1) is 14.1. The summed E-state index contributed by atoms with van der Waals surface area (Å²) in [5.74, 6) is -1.47. The predicted octanol–water partition coefficient (Wildman–Crippen LogP) is 3.51. The number of halogens is 2. The van der Waals surface area contributed by atoms with Crippen LogP contribution in [-0.4, -0.2) is 32.1 Å². The highest BCUT2D eigenvalue weighted by Gasteiger charge is 2.19. The molecular weight excluding hydrogens is 414 g/mol. The molecular formula is C21H20F2N2O4S. The van der Waals surface area contributed by atoms with Gasteiger partial charge < -0.3 is 9.30 Å². The fraction of sp³-hybridized carbons (Fsp3) is 0.190. The van der Waals surface area contributed by atoms with Crippen LogP contribution < -0.4 is 9.46 Å². The zero-order valence-corrected chi connectivity index (χ0v) is 17.4. The van der Waals surface area contributed by atoms with Crippen molar-refractivity contribution in [1.29, 1.82) is 0 Å². The summed E-state index contributed by atoms with van der Waals surface area (Å²) in [5.41, 5.74) is 1.24. The Bertz CT molecular complexity index is 1220. The third kappa shape index (κ3) is 4.68. The van der Waals surface area contributed by atoms with Crippen LogP contribution in [0.25, 0.3) is 0 Å². The minimum Gasteiger partial charge on any atom is -0.497 e. The minimum atomic E-state index is -3.51. The monoisotopic (exact) mass is 434 g/mol. The number of carbonyl (C=O) groups excluding carboxylic acids is 1. The number of sulfonamides is 1. The summed E-state index contributed by atoms with van der Waals surface area (Å²) in [4.78, 5) is 12.8. The number of nitrogens with zero attached hydrogens (tertiary/aromatic N) is 1. The zero-order valence-electron chi connectivity index (χ0n) is 16.6. The normalized spacial score (nSPS) is 11.4. The number of anilines is 1. The van der Waals surface area contributed by atoms with Gasteiger partial charge in [-0.1, -0.05) is 6.07 Å². The first kappa shape index (κ1) is 21.5. The van der Waals surface area contributed by atoms with Gasteiger partial charge in [-0.2, -0.15) is 0 Å². The number of ketones is 1. The summed E-state index contributed by atoms with van der Waals surface area (Å²) >= 11 is 0. The Morgan fingerprint density at radius 1 is 1.07 bits per heavy atom. The Morgan fingerprint density at radius 3 is 2.40 bits per heavy atom. The van der Waals surface area contributed by atoms with Gasteiger partial charge in [0.25, 0.3) is 0 Å². The van der Waals surface area contributed by atoms with Gasteiger partial charge in [0.1, 0.15) is 17.4 Å². The SMILES string of the molecule is COc1ccc(C(=O)c2ccc(Cc3ccc(NS(C)(=O)=O)cc3F)n2C)c(F)c1. The highest BCUT2D eigenvalue weighted by atomic mass is 32.2. The number of nitrogens with one attached hydrogen (secondary N) is 1. The topological polar surface area (TPSA) is 77.4 Å². The van der Waals surface area contributed by atoms with E-state index < -0.39 is 27.4 Å². The van der Waals surface area contributed by atoms with Gasteiger partial charge in [-0.15, -0.1) is 0 Å². The van der Waals surface area contributed by atoms with Crippen LogP contribution in [0.2, 0.25) is 0 Å². The number of ether oxygens (including phenoxy) is 1. The second-order valence-corrected chi connectivity index (χ2v) is 8.55. The number of methoxy groups -OCH3 is 1. The summed E-state index contributed by atoms with van der Waals surface area (Å²) in [6.07, 6.45) is 1.15. The summed E-state index contributed by atoms with van der Waals surface area (Å²) in [6.45, 7) is 0. The summed E-state index contributed by atoms with van der Waals surface area (Å²) in [5, 5.41) is 0. The van der Waals surface area contributed by atoms with Crippen LogP contribution in [0.3, 0.4) is 0 Å². The van der Waals surface area contributed by atoms with E-state index in [4.69, 9.17) is 4.74 Å².